The van der Waals surface area contributed by atoms with Gasteiger partial charge >= 0.3 is 12.0 Å². The number of benzene rings is 2. The molecule has 0 fully saturated rings. The van der Waals surface area contributed by atoms with Gasteiger partial charge in [-0.3, -0.25) is 9.69 Å². The van der Waals surface area contributed by atoms with Crippen LogP contribution in [0.3, 0.4) is 0 Å². The first kappa shape index (κ1) is 18.0. The van der Waals surface area contributed by atoms with Crippen molar-refractivity contribution in [3.63, 3.8) is 0 Å². The van der Waals surface area contributed by atoms with Gasteiger partial charge in [0, 0.05) is 10.9 Å². The predicted molar refractivity (Wildman–Crippen MR) is 99.0 cm³/mol. The molecule has 26 heavy (non-hydrogen) atoms. The number of nitrogens with zero attached hydrogens (tertiary/aromatic N) is 2. The molecule has 3 amide bonds. The second-order valence-electron chi connectivity index (χ2n) is 5.72. The van der Waals surface area contributed by atoms with E-state index in [0.29, 0.717) is 5.56 Å². The molecule has 0 unspecified atom stereocenters. The third kappa shape index (κ3) is 3.88. The van der Waals surface area contributed by atoms with Gasteiger partial charge in [-0.1, -0.05) is 40.2 Å². The minimum absolute atomic E-state index is 0.180. The summed E-state index contributed by atoms with van der Waals surface area (Å²) in [7, 11) is 1.31. The number of urea groups is 1. The standard InChI is InChI=1S/C19H15BrN2O4/c1-26-18(24)14-6-2-12(3-7-14)10-16-17(23)22(19(25)21-16)11-13-4-8-15(20)9-5-13/h2-9H,10-11H2,1H3. The van der Waals surface area contributed by atoms with E-state index in [-0.39, 0.29) is 18.7 Å². The summed E-state index contributed by atoms with van der Waals surface area (Å²) in [4.78, 5) is 41.1. The van der Waals surface area contributed by atoms with Gasteiger partial charge in [-0.05, 0) is 35.4 Å². The summed E-state index contributed by atoms with van der Waals surface area (Å²) in [5.74, 6) is -0.823. The normalized spacial score (nSPS) is 13.8. The smallest absolute Gasteiger partial charge is 0.351 e. The van der Waals surface area contributed by atoms with E-state index < -0.39 is 17.9 Å². The molecule has 1 heterocycles. The van der Waals surface area contributed by atoms with Crippen molar-refractivity contribution in [2.24, 2.45) is 4.99 Å². The Kier molecular flexibility index (Phi) is 5.27. The van der Waals surface area contributed by atoms with E-state index in [2.05, 4.69) is 25.7 Å². The zero-order valence-electron chi connectivity index (χ0n) is 13.9. The Morgan fingerprint density at radius 3 is 2.27 bits per heavy atom. The SMILES string of the molecule is COC(=O)c1ccc(CC2=NC(=O)N(Cc3ccc(Br)cc3)C2=O)cc1. The molecule has 0 atom stereocenters. The van der Waals surface area contributed by atoms with Gasteiger partial charge in [0.05, 0.1) is 19.2 Å². The molecule has 132 valence electrons. The highest BCUT2D eigenvalue weighted by molar-refractivity contribution is 9.10. The summed E-state index contributed by atoms with van der Waals surface area (Å²) in [6.07, 6.45) is 0.225. The molecule has 1 aliphatic rings. The minimum Gasteiger partial charge on any atom is -0.465 e. The number of carbonyl (C=O) groups is 3. The number of esters is 1. The highest BCUT2D eigenvalue weighted by atomic mass is 79.9. The lowest BCUT2D eigenvalue weighted by Gasteiger charge is -2.13. The van der Waals surface area contributed by atoms with Gasteiger partial charge in [-0.25, -0.2) is 9.59 Å². The highest BCUT2D eigenvalue weighted by Crippen LogP contribution is 2.17. The number of halogens is 1. The largest absolute Gasteiger partial charge is 0.465 e. The van der Waals surface area contributed by atoms with Gasteiger partial charge in [0.1, 0.15) is 5.71 Å². The van der Waals surface area contributed by atoms with Gasteiger partial charge in [0.15, 0.2) is 0 Å². The molecule has 0 saturated carbocycles. The first-order valence-electron chi connectivity index (χ1n) is 7.83. The summed E-state index contributed by atoms with van der Waals surface area (Å²) < 4.78 is 5.57. The van der Waals surface area contributed by atoms with Crippen LogP contribution in [-0.2, 0) is 22.5 Å². The van der Waals surface area contributed by atoms with Gasteiger partial charge in [-0.2, -0.15) is 4.99 Å². The molecule has 0 N–H and O–H groups in total. The summed E-state index contributed by atoms with van der Waals surface area (Å²) in [5, 5.41) is 0. The summed E-state index contributed by atoms with van der Waals surface area (Å²) in [5.41, 5.74) is 2.23. The molecule has 0 radical (unpaired) electrons. The Balaban J connectivity index is 1.69. The molecular weight excluding hydrogens is 400 g/mol. The number of ether oxygens (including phenoxy) is 1. The van der Waals surface area contributed by atoms with Crippen LogP contribution in [0.5, 0.6) is 0 Å². The van der Waals surface area contributed by atoms with Crippen molar-refractivity contribution in [3.05, 3.63) is 69.7 Å². The second kappa shape index (κ2) is 7.61. The molecular formula is C19H15BrN2O4. The van der Waals surface area contributed by atoms with E-state index in [9.17, 15) is 14.4 Å². The number of aliphatic imine (C=N–C) groups is 1. The third-order valence-corrected chi connectivity index (χ3v) is 4.48. The Morgan fingerprint density at radius 2 is 1.65 bits per heavy atom. The van der Waals surface area contributed by atoms with Crippen molar-refractivity contribution in [1.29, 1.82) is 0 Å². The lowest BCUT2D eigenvalue weighted by Crippen LogP contribution is -2.32. The molecule has 0 saturated heterocycles. The lowest BCUT2D eigenvalue weighted by atomic mass is 10.1. The fraction of sp³-hybridized carbons (Fsp3) is 0.158. The fourth-order valence-corrected chi connectivity index (χ4v) is 2.83. The van der Waals surface area contributed by atoms with Crippen LogP contribution in [-0.4, -0.2) is 35.6 Å². The maximum Gasteiger partial charge on any atom is 0.351 e. The van der Waals surface area contributed by atoms with Gasteiger partial charge < -0.3 is 4.74 Å². The predicted octanol–water partition coefficient (Wildman–Crippen LogP) is 3.38. The highest BCUT2D eigenvalue weighted by Gasteiger charge is 2.32. The third-order valence-electron chi connectivity index (χ3n) is 3.95. The van der Waals surface area contributed by atoms with Crippen LogP contribution in [0.1, 0.15) is 21.5 Å². The molecule has 1 aliphatic heterocycles. The van der Waals surface area contributed by atoms with Crippen molar-refractivity contribution < 1.29 is 19.1 Å². The van der Waals surface area contributed by atoms with Crippen LogP contribution in [0.4, 0.5) is 4.79 Å². The van der Waals surface area contributed by atoms with Crippen LogP contribution in [0.15, 0.2) is 58.0 Å². The fourth-order valence-electron chi connectivity index (χ4n) is 2.56. The molecule has 2 aromatic carbocycles. The topological polar surface area (TPSA) is 76.0 Å². The Bertz CT molecular complexity index is 889. The van der Waals surface area contributed by atoms with Crippen LogP contribution >= 0.6 is 15.9 Å². The maximum atomic E-state index is 12.5. The monoisotopic (exact) mass is 414 g/mol. The molecule has 2 aromatic rings. The van der Waals surface area contributed by atoms with Crippen molar-refractivity contribution in [2.75, 3.05) is 7.11 Å². The van der Waals surface area contributed by atoms with Crippen molar-refractivity contribution in [2.45, 2.75) is 13.0 Å². The summed E-state index contributed by atoms with van der Waals surface area (Å²) >= 11 is 3.35. The number of hydrogen-bond donors (Lipinski definition) is 0. The molecule has 7 heteroatoms. The first-order chi connectivity index (χ1) is 12.5. The number of hydrogen-bond acceptors (Lipinski definition) is 4. The van der Waals surface area contributed by atoms with E-state index in [0.717, 1.165) is 20.5 Å². The Hall–Kier alpha value is -2.80. The summed E-state index contributed by atoms with van der Waals surface area (Å²) in [6, 6.07) is 13.5. The molecule has 0 aliphatic carbocycles. The number of rotatable bonds is 5. The average molecular weight is 415 g/mol. The van der Waals surface area contributed by atoms with E-state index in [1.54, 1.807) is 24.3 Å². The number of amides is 3. The Labute approximate surface area is 158 Å². The number of methoxy groups -OCH3 is 1. The van der Waals surface area contributed by atoms with Gasteiger partial charge in [-0.15, -0.1) is 0 Å². The molecule has 0 bridgehead atoms. The van der Waals surface area contributed by atoms with Crippen molar-refractivity contribution in [3.8, 4) is 0 Å². The number of imide groups is 1. The molecule has 3 rings (SSSR count). The van der Waals surface area contributed by atoms with E-state index in [4.69, 9.17) is 0 Å². The molecule has 6 nitrogen and oxygen atoms in total. The van der Waals surface area contributed by atoms with Crippen LogP contribution in [0.25, 0.3) is 0 Å². The number of carbonyl (C=O) groups excluding carboxylic acids is 3. The van der Waals surface area contributed by atoms with Crippen molar-refractivity contribution >= 4 is 39.5 Å². The van der Waals surface area contributed by atoms with E-state index in [1.807, 2.05) is 24.3 Å². The summed E-state index contributed by atoms with van der Waals surface area (Å²) in [6.45, 7) is 0.180. The van der Waals surface area contributed by atoms with Crippen LogP contribution in [0, 0.1) is 0 Å². The average Bonchev–Trinajstić information content (AvgIpc) is 2.91. The molecule has 0 aromatic heterocycles. The second-order valence-corrected chi connectivity index (χ2v) is 6.64. The van der Waals surface area contributed by atoms with Gasteiger partial charge in [0.2, 0.25) is 0 Å². The molecule has 0 spiro atoms. The van der Waals surface area contributed by atoms with E-state index >= 15 is 0 Å². The zero-order chi connectivity index (χ0) is 18.7. The minimum atomic E-state index is -0.556. The quantitative estimate of drug-likeness (QED) is 0.702. The zero-order valence-corrected chi connectivity index (χ0v) is 15.5. The van der Waals surface area contributed by atoms with Gasteiger partial charge in [0.25, 0.3) is 5.91 Å². The van der Waals surface area contributed by atoms with E-state index in [1.165, 1.54) is 7.11 Å². The van der Waals surface area contributed by atoms with Crippen LogP contribution < -0.4 is 0 Å². The maximum absolute atomic E-state index is 12.5. The first-order valence-corrected chi connectivity index (χ1v) is 8.62. The lowest BCUT2D eigenvalue weighted by molar-refractivity contribution is -0.121. The Morgan fingerprint density at radius 1 is 1.04 bits per heavy atom. The van der Waals surface area contributed by atoms with Crippen molar-refractivity contribution in [1.82, 2.24) is 4.90 Å². The van der Waals surface area contributed by atoms with Crippen LogP contribution in [0.2, 0.25) is 0 Å².